The number of rotatable bonds is 4. The van der Waals surface area contributed by atoms with E-state index in [0.717, 1.165) is 44.0 Å². The number of hydrogen-bond donors (Lipinski definition) is 1. The number of hydrogen-bond acceptors (Lipinski definition) is 3. The average molecular weight is 296 g/mol. The van der Waals surface area contributed by atoms with Gasteiger partial charge in [-0.3, -0.25) is 9.69 Å². The molecule has 2 N–H and O–H groups in total. The van der Waals surface area contributed by atoms with E-state index in [0.29, 0.717) is 5.56 Å². The number of carbonyl (C=O) groups excluding carboxylic acids is 1. The van der Waals surface area contributed by atoms with Gasteiger partial charge < -0.3 is 10.5 Å². The predicted molar refractivity (Wildman–Crippen MR) is 86.5 cm³/mol. The van der Waals surface area contributed by atoms with Crippen molar-refractivity contribution in [3.63, 3.8) is 0 Å². The van der Waals surface area contributed by atoms with Gasteiger partial charge in [0.05, 0.1) is 13.2 Å². The number of carbonyl (C=O) groups is 1. The van der Waals surface area contributed by atoms with E-state index in [2.05, 4.69) is 29.2 Å². The lowest BCUT2D eigenvalue weighted by Gasteiger charge is -2.26. The molecule has 0 atom stereocenters. The molecule has 1 aliphatic rings. The number of nitrogens with zero attached hydrogens (tertiary/aromatic N) is 1. The van der Waals surface area contributed by atoms with Gasteiger partial charge in [-0.05, 0) is 22.8 Å². The third kappa shape index (κ3) is 3.35. The molecule has 1 amide bonds. The quantitative estimate of drug-likeness (QED) is 0.941. The van der Waals surface area contributed by atoms with Crippen molar-refractivity contribution < 1.29 is 9.53 Å². The number of amides is 1. The van der Waals surface area contributed by atoms with Crippen molar-refractivity contribution in [1.29, 1.82) is 0 Å². The molecular formula is C18H20N2O2. The Hall–Kier alpha value is -2.17. The van der Waals surface area contributed by atoms with Crippen molar-refractivity contribution >= 4 is 5.91 Å². The van der Waals surface area contributed by atoms with Crippen LogP contribution in [0.15, 0.2) is 48.5 Å². The zero-order chi connectivity index (χ0) is 15.4. The first-order valence-electron chi connectivity index (χ1n) is 7.52. The summed E-state index contributed by atoms with van der Waals surface area (Å²) in [7, 11) is 0. The highest BCUT2D eigenvalue weighted by atomic mass is 16.5. The van der Waals surface area contributed by atoms with E-state index in [-0.39, 0.29) is 0 Å². The fourth-order valence-electron chi connectivity index (χ4n) is 2.76. The van der Waals surface area contributed by atoms with E-state index in [9.17, 15) is 4.79 Å². The molecule has 0 aromatic heterocycles. The van der Waals surface area contributed by atoms with Crippen molar-refractivity contribution in [3.8, 4) is 11.1 Å². The first kappa shape index (κ1) is 14.8. The number of primary amides is 1. The Balaban J connectivity index is 1.78. The van der Waals surface area contributed by atoms with E-state index in [1.54, 1.807) is 6.07 Å². The summed E-state index contributed by atoms with van der Waals surface area (Å²) in [4.78, 5) is 13.9. The molecule has 2 aromatic rings. The van der Waals surface area contributed by atoms with E-state index >= 15 is 0 Å². The third-order valence-corrected chi connectivity index (χ3v) is 3.97. The largest absolute Gasteiger partial charge is 0.379 e. The fraction of sp³-hybridized carbons (Fsp3) is 0.278. The number of nitrogens with two attached hydrogens (primary N) is 1. The maximum atomic E-state index is 11.5. The molecule has 1 aliphatic heterocycles. The molecule has 4 heteroatoms. The van der Waals surface area contributed by atoms with Crippen LogP contribution in [0.1, 0.15) is 15.9 Å². The molecule has 4 nitrogen and oxygen atoms in total. The van der Waals surface area contributed by atoms with Gasteiger partial charge in [-0.15, -0.1) is 0 Å². The van der Waals surface area contributed by atoms with Crippen LogP contribution in [0.25, 0.3) is 11.1 Å². The molecule has 2 aromatic carbocycles. The Morgan fingerprint density at radius 2 is 1.73 bits per heavy atom. The van der Waals surface area contributed by atoms with Gasteiger partial charge >= 0.3 is 0 Å². The molecule has 0 unspecified atom stereocenters. The minimum absolute atomic E-state index is 0.395. The number of benzene rings is 2. The smallest absolute Gasteiger partial charge is 0.249 e. The summed E-state index contributed by atoms with van der Waals surface area (Å²) in [6, 6.07) is 15.8. The molecule has 0 aliphatic carbocycles. The molecule has 1 fully saturated rings. The lowest BCUT2D eigenvalue weighted by atomic mass is 9.98. The van der Waals surface area contributed by atoms with E-state index in [4.69, 9.17) is 10.5 Å². The highest BCUT2D eigenvalue weighted by molar-refractivity contribution is 5.99. The fourth-order valence-corrected chi connectivity index (χ4v) is 2.76. The Bertz CT molecular complexity index is 646. The number of morpholine rings is 1. The topological polar surface area (TPSA) is 55.6 Å². The van der Waals surface area contributed by atoms with Crippen LogP contribution in [0.3, 0.4) is 0 Å². The molecular weight excluding hydrogens is 276 g/mol. The van der Waals surface area contributed by atoms with Gasteiger partial charge in [-0.1, -0.05) is 42.5 Å². The minimum Gasteiger partial charge on any atom is -0.379 e. The summed E-state index contributed by atoms with van der Waals surface area (Å²) < 4.78 is 5.36. The summed E-state index contributed by atoms with van der Waals surface area (Å²) in [5.74, 6) is -0.395. The second kappa shape index (κ2) is 6.73. The lowest BCUT2D eigenvalue weighted by Crippen LogP contribution is -2.35. The van der Waals surface area contributed by atoms with Gasteiger partial charge in [-0.2, -0.15) is 0 Å². The molecule has 1 saturated heterocycles. The van der Waals surface area contributed by atoms with Gasteiger partial charge in [0.15, 0.2) is 0 Å². The normalized spacial score (nSPS) is 15.6. The van der Waals surface area contributed by atoms with Crippen LogP contribution in [-0.4, -0.2) is 37.1 Å². The second-order valence-electron chi connectivity index (χ2n) is 5.50. The van der Waals surface area contributed by atoms with Crippen LogP contribution < -0.4 is 5.73 Å². The van der Waals surface area contributed by atoms with E-state index < -0.39 is 5.91 Å². The molecule has 0 radical (unpaired) electrons. The van der Waals surface area contributed by atoms with Gasteiger partial charge in [0.25, 0.3) is 0 Å². The van der Waals surface area contributed by atoms with Gasteiger partial charge in [0.1, 0.15) is 0 Å². The number of ether oxygens (including phenoxy) is 1. The van der Waals surface area contributed by atoms with Crippen LogP contribution >= 0.6 is 0 Å². The molecule has 3 rings (SSSR count). The summed E-state index contributed by atoms with van der Waals surface area (Å²) in [5.41, 5.74) is 9.17. The van der Waals surface area contributed by atoms with Crippen molar-refractivity contribution in [2.45, 2.75) is 6.54 Å². The molecule has 0 bridgehead atoms. The standard InChI is InChI=1S/C18H20N2O2/c19-18(21)17-4-2-1-3-16(17)15-7-5-14(6-8-15)13-20-9-11-22-12-10-20/h1-8H,9-13H2,(H2,19,21). The molecule has 22 heavy (non-hydrogen) atoms. The van der Waals surface area contributed by atoms with E-state index in [1.807, 2.05) is 18.2 Å². The summed E-state index contributed by atoms with van der Waals surface area (Å²) in [5, 5.41) is 0. The molecule has 0 spiro atoms. The zero-order valence-corrected chi connectivity index (χ0v) is 12.5. The van der Waals surface area contributed by atoms with Crippen molar-refractivity contribution in [2.24, 2.45) is 5.73 Å². The van der Waals surface area contributed by atoms with Gasteiger partial charge in [-0.25, -0.2) is 0 Å². The van der Waals surface area contributed by atoms with Crippen LogP contribution in [0.2, 0.25) is 0 Å². The minimum atomic E-state index is -0.395. The maximum Gasteiger partial charge on any atom is 0.249 e. The van der Waals surface area contributed by atoms with Crippen LogP contribution in [-0.2, 0) is 11.3 Å². The third-order valence-electron chi connectivity index (χ3n) is 3.97. The lowest BCUT2D eigenvalue weighted by molar-refractivity contribution is 0.0342. The highest BCUT2D eigenvalue weighted by Crippen LogP contribution is 2.24. The van der Waals surface area contributed by atoms with Crippen molar-refractivity contribution in [1.82, 2.24) is 4.90 Å². The Morgan fingerprint density at radius 1 is 1.05 bits per heavy atom. The van der Waals surface area contributed by atoms with Crippen LogP contribution in [0.4, 0.5) is 0 Å². The average Bonchev–Trinajstić information content (AvgIpc) is 2.56. The first-order chi connectivity index (χ1) is 10.7. The summed E-state index contributed by atoms with van der Waals surface area (Å²) in [6.07, 6.45) is 0. The molecule has 114 valence electrons. The Labute approximate surface area is 130 Å². The zero-order valence-electron chi connectivity index (χ0n) is 12.5. The second-order valence-corrected chi connectivity index (χ2v) is 5.50. The SMILES string of the molecule is NC(=O)c1ccccc1-c1ccc(CN2CCOCC2)cc1. The van der Waals surface area contributed by atoms with E-state index in [1.165, 1.54) is 5.56 Å². The summed E-state index contributed by atoms with van der Waals surface area (Å²) >= 11 is 0. The first-order valence-corrected chi connectivity index (χ1v) is 7.52. The highest BCUT2D eigenvalue weighted by Gasteiger charge is 2.12. The maximum absolute atomic E-state index is 11.5. The monoisotopic (exact) mass is 296 g/mol. The van der Waals surface area contributed by atoms with Crippen LogP contribution in [0, 0.1) is 0 Å². The summed E-state index contributed by atoms with van der Waals surface area (Å²) in [6.45, 7) is 4.51. The Morgan fingerprint density at radius 3 is 2.41 bits per heavy atom. The van der Waals surface area contributed by atoms with Crippen molar-refractivity contribution in [3.05, 3.63) is 59.7 Å². The Kier molecular flexibility index (Phi) is 4.51. The predicted octanol–water partition coefficient (Wildman–Crippen LogP) is 2.28. The van der Waals surface area contributed by atoms with Crippen molar-refractivity contribution in [2.75, 3.05) is 26.3 Å². The molecule has 0 saturated carbocycles. The van der Waals surface area contributed by atoms with Crippen LogP contribution in [0.5, 0.6) is 0 Å². The van der Waals surface area contributed by atoms with Gasteiger partial charge in [0.2, 0.25) is 5.91 Å². The van der Waals surface area contributed by atoms with Gasteiger partial charge in [0, 0.05) is 25.2 Å². The molecule has 1 heterocycles.